The molecule has 8 atom stereocenters. The van der Waals surface area contributed by atoms with Gasteiger partial charge in [-0.25, -0.2) is 0 Å². The van der Waals surface area contributed by atoms with Crippen molar-refractivity contribution in [1.82, 2.24) is 0 Å². The van der Waals surface area contributed by atoms with E-state index < -0.39 is 11.5 Å². The summed E-state index contributed by atoms with van der Waals surface area (Å²) in [6.07, 6.45) is 8.65. The number of hydrogen-bond acceptors (Lipinski definition) is 5. The number of ether oxygens (including phenoxy) is 2. The molecule has 0 aromatic heterocycles. The van der Waals surface area contributed by atoms with Crippen LogP contribution in [0.2, 0.25) is 0 Å². The minimum atomic E-state index is -0.532. The molecule has 0 N–H and O–H groups in total. The molecule has 0 amide bonds. The van der Waals surface area contributed by atoms with Crippen LogP contribution in [0.25, 0.3) is 0 Å². The van der Waals surface area contributed by atoms with Gasteiger partial charge in [-0.3, -0.25) is 14.4 Å². The third kappa shape index (κ3) is 3.76. The van der Waals surface area contributed by atoms with Gasteiger partial charge in [0.1, 0.15) is 12.2 Å². The van der Waals surface area contributed by atoms with E-state index in [0.29, 0.717) is 29.2 Å². The Kier molecular flexibility index (Phi) is 6.13. The van der Waals surface area contributed by atoms with Crippen LogP contribution >= 0.6 is 0 Å². The van der Waals surface area contributed by atoms with Gasteiger partial charge >= 0.3 is 11.9 Å². The van der Waals surface area contributed by atoms with E-state index in [9.17, 15) is 14.4 Å². The first kappa shape index (κ1) is 25.4. The van der Waals surface area contributed by atoms with Gasteiger partial charge in [-0.15, -0.1) is 0 Å². The molecule has 0 radical (unpaired) electrons. The largest absolute Gasteiger partial charge is 0.462 e. The number of carbonyl (C=O) groups is 3. The molecule has 8 unspecified atom stereocenters. The zero-order valence-electron chi connectivity index (χ0n) is 22.5. The SMILES string of the molecule is CC(=O)OC1CC2C(C)(C=C1C(C)=O)C(OC(C)=O)CC1C3(C)CCCC(C)(C)C3CCC21C. The number of fused-ring (bicyclic) bond motifs is 5. The predicted octanol–water partition coefficient (Wildman–Crippen LogP) is 6.04. The molecule has 190 valence electrons. The fraction of sp³-hybridized carbons (Fsp3) is 0.828. The molecule has 3 saturated carbocycles. The molecular weight excluding hydrogens is 428 g/mol. The summed E-state index contributed by atoms with van der Waals surface area (Å²) >= 11 is 0. The lowest BCUT2D eigenvalue weighted by molar-refractivity contribution is -0.227. The molecule has 0 saturated heterocycles. The van der Waals surface area contributed by atoms with Crippen molar-refractivity contribution in [2.24, 2.45) is 39.4 Å². The Bertz CT molecular complexity index is 917. The van der Waals surface area contributed by atoms with Crippen LogP contribution in [-0.2, 0) is 23.9 Å². The highest BCUT2D eigenvalue weighted by Crippen LogP contribution is 2.72. The molecule has 0 bridgehead atoms. The van der Waals surface area contributed by atoms with Crippen LogP contribution in [0.1, 0.15) is 100 Å². The van der Waals surface area contributed by atoms with Gasteiger partial charge in [-0.2, -0.15) is 0 Å². The zero-order chi connectivity index (χ0) is 25.3. The molecule has 5 heteroatoms. The van der Waals surface area contributed by atoms with E-state index in [1.54, 1.807) is 0 Å². The Morgan fingerprint density at radius 1 is 0.794 bits per heavy atom. The first-order chi connectivity index (χ1) is 15.6. The molecule has 4 aliphatic carbocycles. The quantitative estimate of drug-likeness (QED) is 0.468. The maximum absolute atomic E-state index is 12.6. The van der Waals surface area contributed by atoms with Gasteiger partial charge in [0, 0.05) is 24.8 Å². The van der Waals surface area contributed by atoms with E-state index >= 15 is 0 Å². The van der Waals surface area contributed by atoms with Crippen LogP contribution in [0, 0.1) is 39.4 Å². The summed E-state index contributed by atoms with van der Waals surface area (Å²) in [5.74, 6) is 0.494. The van der Waals surface area contributed by atoms with Gasteiger partial charge in [-0.1, -0.05) is 47.1 Å². The zero-order valence-corrected chi connectivity index (χ0v) is 22.5. The number of rotatable bonds is 3. The van der Waals surface area contributed by atoms with Crippen molar-refractivity contribution in [2.45, 2.75) is 113 Å². The van der Waals surface area contributed by atoms with Crippen molar-refractivity contribution in [3.8, 4) is 0 Å². The average molecular weight is 473 g/mol. The summed E-state index contributed by atoms with van der Waals surface area (Å²) in [6.45, 7) is 16.4. The molecule has 0 heterocycles. The van der Waals surface area contributed by atoms with Crippen molar-refractivity contribution >= 4 is 17.7 Å². The fourth-order valence-electron chi connectivity index (χ4n) is 9.55. The predicted molar refractivity (Wildman–Crippen MR) is 131 cm³/mol. The van der Waals surface area contributed by atoms with Crippen LogP contribution < -0.4 is 0 Å². The molecule has 4 aliphatic rings. The van der Waals surface area contributed by atoms with E-state index in [2.05, 4.69) is 34.6 Å². The lowest BCUT2D eigenvalue weighted by Crippen LogP contribution is -2.65. The Labute approximate surface area is 205 Å². The smallest absolute Gasteiger partial charge is 0.303 e. The van der Waals surface area contributed by atoms with Crippen molar-refractivity contribution in [3.05, 3.63) is 11.6 Å². The Balaban J connectivity index is 1.85. The number of esters is 2. The van der Waals surface area contributed by atoms with Crippen molar-refractivity contribution in [3.63, 3.8) is 0 Å². The second-order valence-corrected chi connectivity index (χ2v) is 13.2. The molecule has 0 spiro atoms. The highest BCUT2D eigenvalue weighted by atomic mass is 16.5. The summed E-state index contributed by atoms with van der Waals surface area (Å²) in [4.78, 5) is 36.9. The lowest BCUT2D eigenvalue weighted by atomic mass is 9.35. The second-order valence-electron chi connectivity index (χ2n) is 13.2. The molecular formula is C29H44O5. The number of carbonyl (C=O) groups excluding carboxylic acids is 3. The minimum absolute atomic E-state index is 0.0152. The molecule has 3 fully saturated rings. The van der Waals surface area contributed by atoms with E-state index in [-0.39, 0.29) is 40.6 Å². The molecule has 4 rings (SSSR count). The summed E-state index contributed by atoms with van der Waals surface area (Å²) in [5.41, 5.74) is 0.576. The number of Topliss-reactive ketones (excluding diaryl/α,β-unsaturated/α-hetero) is 1. The van der Waals surface area contributed by atoms with Crippen LogP contribution in [-0.4, -0.2) is 29.9 Å². The van der Waals surface area contributed by atoms with Crippen molar-refractivity contribution in [1.29, 1.82) is 0 Å². The highest BCUT2D eigenvalue weighted by Gasteiger charge is 2.67. The second kappa shape index (κ2) is 8.20. The van der Waals surface area contributed by atoms with E-state index in [1.807, 2.05) is 6.08 Å². The lowest BCUT2D eigenvalue weighted by Gasteiger charge is -2.69. The summed E-state index contributed by atoms with van der Waals surface area (Å²) in [6, 6.07) is 0. The molecule has 0 aromatic rings. The third-order valence-electron chi connectivity index (χ3n) is 10.8. The Morgan fingerprint density at radius 2 is 1.41 bits per heavy atom. The normalized spacial score (nSPS) is 45.1. The number of ketones is 1. The van der Waals surface area contributed by atoms with Gasteiger partial charge in [0.2, 0.25) is 0 Å². The van der Waals surface area contributed by atoms with E-state index in [0.717, 1.165) is 12.8 Å². The molecule has 0 aromatic carbocycles. The summed E-state index contributed by atoms with van der Waals surface area (Å²) in [5, 5.41) is 0. The first-order valence-corrected chi connectivity index (χ1v) is 13.2. The van der Waals surface area contributed by atoms with Gasteiger partial charge in [-0.05, 0) is 79.4 Å². The van der Waals surface area contributed by atoms with Crippen LogP contribution in [0.5, 0.6) is 0 Å². The average Bonchev–Trinajstić information content (AvgIpc) is 2.68. The minimum Gasteiger partial charge on any atom is -0.462 e. The van der Waals surface area contributed by atoms with Crippen LogP contribution in [0.15, 0.2) is 11.6 Å². The Morgan fingerprint density at radius 3 is 2.00 bits per heavy atom. The summed E-state index contributed by atoms with van der Waals surface area (Å²) < 4.78 is 11.8. The monoisotopic (exact) mass is 472 g/mol. The third-order valence-corrected chi connectivity index (χ3v) is 10.8. The first-order valence-electron chi connectivity index (χ1n) is 13.2. The molecule has 5 nitrogen and oxygen atoms in total. The van der Waals surface area contributed by atoms with Crippen LogP contribution in [0.4, 0.5) is 0 Å². The standard InChI is InChI=1S/C29H44O5/c1-17(30)20-16-29(8)23(14-21(20)33-18(2)31)28(7)13-10-22-26(4,5)11-9-12-27(22,6)24(28)15-25(29)34-19(3)32/h16,21-25H,9-15H2,1-8H3. The maximum atomic E-state index is 12.6. The van der Waals surface area contributed by atoms with Gasteiger partial charge in [0.05, 0.1) is 0 Å². The topological polar surface area (TPSA) is 69.7 Å². The highest BCUT2D eigenvalue weighted by molar-refractivity contribution is 5.95. The van der Waals surface area contributed by atoms with E-state index in [1.165, 1.54) is 46.5 Å². The summed E-state index contributed by atoms with van der Waals surface area (Å²) in [7, 11) is 0. The fourth-order valence-corrected chi connectivity index (χ4v) is 9.55. The van der Waals surface area contributed by atoms with Gasteiger partial charge in [0.25, 0.3) is 0 Å². The van der Waals surface area contributed by atoms with Gasteiger partial charge < -0.3 is 9.47 Å². The van der Waals surface area contributed by atoms with Crippen LogP contribution in [0.3, 0.4) is 0 Å². The van der Waals surface area contributed by atoms with Crippen molar-refractivity contribution < 1.29 is 23.9 Å². The molecule has 0 aliphatic heterocycles. The van der Waals surface area contributed by atoms with Crippen molar-refractivity contribution in [2.75, 3.05) is 0 Å². The number of hydrogen-bond donors (Lipinski definition) is 0. The molecule has 34 heavy (non-hydrogen) atoms. The van der Waals surface area contributed by atoms with E-state index in [4.69, 9.17) is 9.47 Å². The van der Waals surface area contributed by atoms with Gasteiger partial charge in [0.15, 0.2) is 5.78 Å². The maximum Gasteiger partial charge on any atom is 0.303 e. The Hall–Kier alpha value is -1.65.